The summed E-state index contributed by atoms with van der Waals surface area (Å²) in [4.78, 5) is 25.8. The van der Waals surface area contributed by atoms with Gasteiger partial charge in [-0.25, -0.2) is 14.5 Å². The first-order chi connectivity index (χ1) is 19.9. The van der Waals surface area contributed by atoms with Crippen LogP contribution in [0.3, 0.4) is 0 Å². The van der Waals surface area contributed by atoms with Crippen molar-refractivity contribution >= 4 is 29.7 Å². The highest BCUT2D eigenvalue weighted by molar-refractivity contribution is 5.88. The van der Waals surface area contributed by atoms with Crippen LogP contribution in [-0.2, 0) is 16.6 Å². The normalized spacial score (nSPS) is 15.2. The van der Waals surface area contributed by atoms with Crippen molar-refractivity contribution in [3.05, 3.63) is 84.1 Å². The lowest BCUT2D eigenvalue weighted by Crippen LogP contribution is -2.51. The Balaban J connectivity index is 1.36. The summed E-state index contributed by atoms with van der Waals surface area (Å²) < 4.78 is 8.99. The molecule has 1 aromatic carbocycles. The maximum Gasteiger partial charge on any atom is 0.256 e. The number of nitrogens with zero attached hydrogens (tertiary/aromatic N) is 9. The van der Waals surface area contributed by atoms with Crippen LogP contribution < -0.4 is 0 Å². The number of carbonyl (C=O) groups excluding carboxylic acids is 1. The number of fused-ring (bicyclic) bond motifs is 1. The SMILES string of the molecule is C=NC(=N/C=C(\C)c1cc(-c2cnn(C)c2)cn2ncc(C#N)c12)N1CCN(C(=O)[C@H](OC)c2ccccc2)CC1. The Hall–Kier alpha value is -5.08. The number of guanidine groups is 1. The maximum atomic E-state index is 13.2. The number of aliphatic imine (C=N–C) groups is 2. The van der Waals surface area contributed by atoms with Crippen molar-refractivity contribution in [1.29, 1.82) is 5.26 Å². The molecule has 1 aliphatic heterocycles. The first-order valence-corrected chi connectivity index (χ1v) is 13.2. The molecular weight excluding hydrogens is 518 g/mol. The number of piperazine rings is 1. The number of ether oxygens (including phenoxy) is 1. The average Bonchev–Trinajstić information content (AvgIpc) is 3.64. The van der Waals surface area contributed by atoms with Gasteiger partial charge in [-0.15, -0.1) is 0 Å². The molecule has 0 spiro atoms. The summed E-state index contributed by atoms with van der Waals surface area (Å²) in [6.45, 7) is 7.81. The van der Waals surface area contributed by atoms with E-state index in [1.54, 1.807) is 34.9 Å². The molecule has 4 heterocycles. The number of aromatic nitrogens is 4. The van der Waals surface area contributed by atoms with Gasteiger partial charge in [0.2, 0.25) is 5.96 Å². The molecule has 1 aliphatic rings. The van der Waals surface area contributed by atoms with E-state index in [-0.39, 0.29) is 5.91 Å². The Morgan fingerprint density at radius 3 is 2.46 bits per heavy atom. The van der Waals surface area contributed by atoms with Gasteiger partial charge in [0.05, 0.1) is 23.5 Å². The number of amides is 1. The number of pyridine rings is 1. The van der Waals surface area contributed by atoms with Gasteiger partial charge in [0.1, 0.15) is 6.07 Å². The molecule has 41 heavy (non-hydrogen) atoms. The van der Waals surface area contributed by atoms with Crippen molar-refractivity contribution < 1.29 is 9.53 Å². The van der Waals surface area contributed by atoms with E-state index < -0.39 is 6.10 Å². The first kappa shape index (κ1) is 27.5. The fourth-order valence-corrected chi connectivity index (χ4v) is 4.98. The molecule has 5 rings (SSSR count). The predicted octanol–water partition coefficient (Wildman–Crippen LogP) is 3.56. The smallest absolute Gasteiger partial charge is 0.256 e. The van der Waals surface area contributed by atoms with Gasteiger partial charge in [-0.3, -0.25) is 9.48 Å². The summed E-state index contributed by atoms with van der Waals surface area (Å²) in [6, 6.07) is 13.7. The lowest BCUT2D eigenvalue weighted by Gasteiger charge is -2.36. The summed E-state index contributed by atoms with van der Waals surface area (Å²) in [5.41, 5.74) is 5.52. The van der Waals surface area contributed by atoms with Crippen LogP contribution in [0.1, 0.15) is 29.7 Å². The van der Waals surface area contributed by atoms with Crippen LogP contribution >= 0.6 is 0 Å². The van der Waals surface area contributed by atoms with E-state index >= 15 is 0 Å². The molecule has 0 unspecified atom stereocenters. The molecule has 3 aromatic heterocycles. The van der Waals surface area contributed by atoms with Crippen molar-refractivity contribution in [1.82, 2.24) is 29.2 Å². The third kappa shape index (κ3) is 5.64. The third-order valence-corrected chi connectivity index (χ3v) is 7.15. The summed E-state index contributed by atoms with van der Waals surface area (Å²) >= 11 is 0. The summed E-state index contributed by atoms with van der Waals surface area (Å²) in [7, 11) is 3.42. The molecule has 0 radical (unpaired) electrons. The number of hydrogen-bond donors (Lipinski definition) is 0. The number of aryl methyl sites for hydroxylation is 1. The zero-order chi connectivity index (χ0) is 28.9. The zero-order valence-corrected chi connectivity index (χ0v) is 23.3. The Labute approximate surface area is 238 Å². The van der Waals surface area contributed by atoms with Crippen molar-refractivity contribution in [2.24, 2.45) is 17.0 Å². The second kappa shape index (κ2) is 12.0. The second-order valence-corrected chi connectivity index (χ2v) is 9.75. The highest BCUT2D eigenvalue weighted by Crippen LogP contribution is 2.29. The third-order valence-electron chi connectivity index (χ3n) is 7.15. The number of allylic oxidation sites excluding steroid dienone is 1. The van der Waals surface area contributed by atoms with Crippen molar-refractivity contribution in [2.75, 3.05) is 33.3 Å². The summed E-state index contributed by atoms with van der Waals surface area (Å²) in [5.74, 6) is 0.405. The standard InChI is InChI=1S/C30H31N9O2/c1-21(26-14-23(25-18-34-36(3)19-25)20-39-27(26)24(15-31)17-35-39)16-33-30(32-2)38-12-10-37(11-13-38)29(40)28(41-4)22-8-6-5-7-9-22/h5-9,14,16-20,28H,2,10-13H2,1,3-4H3/b21-16+,33-30?/t28-/m1/s1. The van der Waals surface area contributed by atoms with E-state index in [9.17, 15) is 10.1 Å². The topological polar surface area (TPSA) is 116 Å². The Bertz CT molecular complexity index is 1670. The van der Waals surface area contributed by atoms with Crippen molar-refractivity contribution in [3.8, 4) is 17.2 Å². The van der Waals surface area contributed by atoms with E-state index in [2.05, 4.69) is 33.0 Å². The fourth-order valence-electron chi connectivity index (χ4n) is 4.98. The minimum Gasteiger partial charge on any atom is -0.367 e. The van der Waals surface area contributed by atoms with Gasteiger partial charge in [-0.05, 0) is 30.8 Å². The number of methoxy groups -OCH3 is 1. The first-order valence-electron chi connectivity index (χ1n) is 13.2. The van der Waals surface area contributed by atoms with E-state index in [4.69, 9.17) is 4.74 Å². The summed E-state index contributed by atoms with van der Waals surface area (Å²) in [6.07, 6.45) is 8.25. The molecule has 0 bridgehead atoms. The van der Waals surface area contributed by atoms with Crippen LogP contribution in [0.25, 0.3) is 22.2 Å². The Morgan fingerprint density at radius 2 is 1.83 bits per heavy atom. The lowest BCUT2D eigenvalue weighted by atomic mass is 10.0. The largest absolute Gasteiger partial charge is 0.367 e. The summed E-state index contributed by atoms with van der Waals surface area (Å²) in [5, 5.41) is 18.4. The molecule has 1 atom stereocenters. The molecule has 0 saturated carbocycles. The molecule has 1 amide bonds. The van der Waals surface area contributed by atoms with Gasteiger partial charge in [-0.2, -0.15) is 15.5 Å². The van der Waals surface area contributed by atoms with Gasteiger partial charge >= 0.3 is 0 Å². The van der Waals surface area contributed by atoms with Gasteiger partial charge in [-0.1, -0.05) is 30.3 Å². The highest BCUT2D eigenvalue weighted by atomic mass is 16.5. The van der Waals surface area contributed by atoms with Crippen LogP contribution in [0.4, 0.5) is 0 Å². The molecule has 0 N–H and O–H groups in total. The van der Waals surface area contributed by atoms with Gasteiger partial charge < -0.3 is 14.5 Å². The van der Waals surface area contributed by atoms with Crippen molar-refractivity contribution in [2.45, 2.75) is 13.0 Å². The Morgan fingerprint density at radius 1 is 1.10 bits per heavy atom. The molecule has 0 aliphatic carbocycles. The van der Waals surface area contributed by atoms with Crippen LogP contribution in [0.5, 0.6) is 0 Å². The lowest BCUT2D eigenvalue weighted by molar-refractivity contribution is -0.143. The van der Waals surface area contributed by atoms with E-state index in [1.807, 2.05) is 72.6 Å². The molecule has 208 valence electrons. The minimum absolute atomic E-state index is 0.0641. The maximum absolute atomic E-state index is 13.2. The quantitative estimate of drug-likeness (QED) is 0.268. The van der Waals surface area contributed by atoms with Gasteiger partial charge in [0.15, 0.2) is 6.10 Å². The monoisotopic (exact) mass is 549 g/mol. The van der Waals surface area contributed by atoms with E-state index in [1.165, 1.54) is 0 Å². The predicted molar refractivity (Wildman–Crippen MR) is 157 cm³/mol. The zero-order valence-electron chi connectivity index (χ0n) is 23.3. The number of nitriles is 1. The number of carbonyl (C=O) groups is 1. The second-order valence-electron chi connectivity index (χ2n) is 9.75. The van der Waals surface area contributed by atoms with Crippen molar-refractivity contribution in [3.63, 3.8) is 0 Å². The number of rotatable bonds is 6. The van der Waals surface area contributed by atoms with Crippen LogP contribution in [0.2, 0.25) is 0 Å². The molecule has 11 heteroatoms. The highest BCUT2D eigenvalue weighted by Gasteiger charge is 2.29. The van der Waals surface area contributed by atoms with E-state index in [0.717, 1.165) is 27.8 Å². The molecule has 1 fully saturated rings. The molecule has 4 aromatic rings. The van der Waals surface area contributed by atoms with Crippen LogP contribution in [-0.4, -0.2) is 81.1 Å². The Kier molecular flexibility index (Phi) is 8.03. The van der Waals surface area contributed by atoms with Gasteiger partial charge in [0.25, 0.3) is 5.91 Å². The fraction of sp³-hybridized carbons (Fsp3) is 0.267. The van der Waals surface area contributed by atoms with Crippen LogP contribution in [0.15, 0.2) is 77.4 Å². The molecule has 1 saturated heterocycles. The van der Waals surface area contributed by atoms with Gasteiger partial charge in [0, 0.05) is 75.6 Å². The minimum atomic E-state index is -0.639. The average molecular weight is 550 g/mol. The number of benzene rings is 1. The van der Waals surface area contributed by atoms with Crippen LogP contribution in [0, 0.1) is 11.3 Å². The molecular formula is C30H31N9O2. The number of hydrogen-bond acceptors (Lipinski definition) is 6. The van der Waals surface area contributed by atoms with E-state index in [0.29, 0.717) is 43.2 Å². The molecule has 11 nitrogen and oxygen atoms in total.